The second-order valence-electron chi connectivity index (χ2n) is 3.64. The van der Waals surface area contributed by atoms with Gasteiger partial charge in [0.15, 0.2) is 9.84 Å². The van der Waals surface area contributed by atoms with E-state index in [1.165, 1.54) is 0 Å². The number of hydrogen-bond acceptors (Lipinski definition) is 3. The van der Waals surface area contributed by atoms with Crippen LogP contribution in [-0.4, -0.2) is 38.3 Å². The summed E-state index contributed by atoms with van der Waals surface area (Å²) in [6.07, 6.45) is 1.03. The van der Waals surface area contributed by atoms with Crippen LogP contribution in [0.1, 0.15) is 13.8 Å². The summed E-state index contributed by atoms with van der Waals surface area (Å²) in [6.45, 7) is 3.82. The van der Waals surface area contributed by atoms with Crippen LogP contribution in [0.2, 0.25) is 0 Å². The highest BCUT2D eigenvalue weighted by atomic mass is 35.5. The molecule has 0 spiro atoms. The minimum Gasteiger partial charge on any atom is -0.351 e. The van der Waals surface area contributed by atoms with E-state index in [0.717, 1.165) is 6.26 Å². The predicted octanol–water partition coefficient (Wildman–Crippen LogP) is 0.411. The van der Waals surface area contributed by atoms with Gasteiger partial charge in [-0.05, 0) is 5.92 Å². The molecule has 0 rings (SSSR count). The maximum atomic E-state index is 11.2. The van der Waals surface area contributed by atoms with Crippen molar-refractivity contribution in [2.24, 2.45) is 5.92 Å². The zero-order valence-corrected chi connectivity index (χ0v) is 10.2. The first-order chi connectivity index (χ1) is 6.26. The summed E-state index contributed by atoms with van der Waals surface area (Å²) < 4.78 is 21.6. The first kappa shape index (κ1) is 13.7. The molecule has 1 atom stereocenters. The van der Waals surface area contributed by atoms with Gasteiger partial charge < -0.3 is 5.32 Å². The van der Waals surface area contributed by atoms with Gasteiger partial charge in [-0.25, -0.2) is 8.42 Å². The van der Waals surface area contributed by atoms with E-state index < -0.39 is 21.5 Å². The third-order valence-electron chi connectivity index (χ3n) is 1.71. The number of halogens is 1. The van der Waals surface area contributed by atoms with Crippen molar-refractivity contribution in [2.45, 2.75) is 19.9 Å². The van der Waals surface area contributed by atoms with Crippen LogP contribution in [-0.2, 0) is 14.6 Å². The van der Waals surface area contributed by atoms with Crippen molar-refractivity contribution in [2.75, 3.05) is 17.9 Å². The number of carbonyl (C=O) groups is 1. The van der Waals surface area contributed by atoms with Gasteiger partial charge in [-0.3, -0.25) is 4.79 Å². The van der Waals surface area contributed by atoms with Crippen molar-refractivity contribution in [3.05, 3.63) is 0 Å². The van der Waals surface area contributed by atoms with Crippen LogP contribution in [0.3, 0.4) is 0 Å². The molecule has 0 fully saturated rings. The fourth-order valence-electron chi connectivity index (χ4n) is 0.870. The van der Waals surface area contributed by atoms with Crippen molar-refractivity contribution >= 4 is 27.3 Å². The van der Waals surface area contributed by atoms with Gasteiger partial charge in [-0.15, -0.1) is 11.6 Å². The Balaban J connectivity index is 4.18. The molecule has 0 aromatic carbocycles. The van der Waals surface area contributed by atoms with E-state index in [4.69, 9.17) is 11.6 Å². The molecule has 0 saturated heterocycles. The predicted molar refractivity (Wildman–Crippen MR) is 57.2 cm³/mol. The smallest absolute Gasteiger partial charge is 0.235 e. The monoisotopic (exact) mass is 241 g/mol. The third-order valence-corrected chi connectivity index (χ3v) is 2.83. The molecule has 0 aliphatic heterocycles. The average Bonchev–Trinajstić information content (AvgIpc) is 1.96. The van der Waals surface area contributed by atoms with Crippen LogP contribution >= 0.6 is 11.6 Å². The molecule has 0 bridgehead atoms. The Kier molecular flexibility index (Phi) is 5.44. The Morgan fingerprint density at radius 2 is 1.93 bits per heavy atom. The summed E-state index contributed by atoms with van der Waals surface area (Å²) in [6, 6.07) is -0.175. The Morgan fingerprint density at radius 1 is 1.43 bits per heavy atom. The molecule has 84 valence electrons. The van der Waals surface area contributed by atoms with E-state index in [1.807, 2.05) is 13.8 Å². The lowest BCUT2D eigenvalue weighted by Crippen LogP contribution is -2.42. The molecule has 0 aliphatic rings. The minimum atomic E-state index is -3.26. The maximum absolute atomic E-state index is 11.2. The molecule has 0 aliphatic carbocycles. The standard InChI is InChI=1S/C8H16ClNO3S/c1-6(2)7(4-9)10-8(11)5-14(3,12)13/h6-7H,4-5H2,1-3H3,(H,10,11). The lowest BCUT2D eigenvalue weighted by molar-refractivity contribution is -0.119. The van der Waals surface area contributed by atoms with Gasteiger partial charge in [0.25, 0.3) is 0 Å². The zero-order valence-electron chi connectivity index (χ0n) is 8.58. The molecule has 1 N–H and O–H groups in total. The second kappa shape index (κ2) is 5.56. The maximum Gasteiger partial charge on any atom is 0.235 e. The van der Waals surface area contributed by atoms with Crippen molar-refractivity contribution < 1.29 is 13.2 Å². The van der Waals surface area contributed by atoms with Crippen molar-refractivity contribution in [3.63, 3.8) is 0 Å². The summed E-state index contributed by atoms with van der Waals surface area (Å²) in [5.41, 5.74) is 0. The Morgan fingerprint density at radius 3 is 2.21 bits per heavy atom. The fraction of sp³-hybridized carbons (Fsp3) is 0.875. The van der Waals surface area contributed by atoms with E-state index in [1.54, 1.807) is 0 Å². The quantitative estimate of drug-likeness (QED) is 0.710. The first-order valence-electron chi connectivity index (χ1n) is 4.29. The van der Waals surface area contributed by atoms with Crippen molar-refractivity contribution in [1.82, 2.24) is 5.32 Å². The number of amides is 1. The molecular weight excluding hydrogens is 226 g/mol. The third kappa shape index (κ3) is 6.21. The molecule has 1 amide bonds. The van der Waals surface area contributed by atoms with Crippen LogP contribution in [0.5, 0.6) is 0 Å². The SMILES string of the molecule is CC(C)C(CCl)NC(=O)CS(C)(=O)=O. The molecule has 14 heavy (non-hydrogen) atoms. The van der Waals surface area contributed by atoms with Crippen LogP contribution in [0, 0.1) is 5.92 Å². The highest BCUT2D eigenvalue weighted by molar-refractivity contribution is 7.91. The van der Waals surface area contributed by atoms with E-state index in [-0.39, 0.29) is 17.8 Å². The van der Waals surface area contributed by atoms with E-state index in [0.29, 0.717) is 0 Å². The van der Waals surface area contributed by atoms with Gasteiger partial charge in [0.2, 0.25) is 5.91 Å². The van der Waals surface area contributed by atoms with Gasteiger partial charge in [0.05, 0.1) is 0 Å². The molecule has 0 saturated carbocycles. The van der Waals surface area contributed by atoms with E-state index in [9.17, 15) is 13.2 Å². The minimum absolute atomic E-state index is 0.175. The largest absolute Gasteiger partial charge is 0.351 e. The first-order valence-corrected chi connectivity index (χ1v) is 6.89. The van der Waals surface area contributed by atoms with Crippen LogP contribution in [0.4, 0.5) is 0 Å². The Labute approximate surface area is 89.9 Å². The van der Waals surface area contributed by atoms with Gasteiger partial charge in [-0.1, -0.05) is 13.8 Å². The van der Waals surface area contributed by atoms with Crippen LogP contribution in [0.25, 0.3) is 0 Å². The van der Waals surface area contributed by atoms with Gasteiger partial charge in [-0.2, -0.15) is 0 Å². The van der Waals surface area contributed by atoms with Crippen LogP contribution < -0.4 is 5.32 Å². The molecule has 0 radical (unpaired) electrons. The summed E-state index contributed by atoms with van der Waals surface area (Å²) in [4.78, 5) is 11.2. The summed E-state index contributed by atoms with van der Waals surface area (Å²) in [7, 11) is -3.26. The normalized spacial score (nSPS) is 14.1. The molecule has 0 aromatic rings. The van der Waals surface area contributed by atoms with Gasteiger partial charge >= 0.3 is 0 Å². The lowest BCUT2D eigenvalue weighted by atomic mass is 10.1. The Bertz CT molecular complexity index is 287. The Hall–Kier alpha value is -0.290. The number of rotatable bonds is 5. The lowest BCUT2D eigenvalue weighted by Gasteiger charge is -2.19. The van der Waals surface area contributed by atoms with Gasteiger partial charge in [0, 0.05) is 18.2 Å². The fourth-order valence-corrected chi connectivity index (χ4v) is 1.86. The molecule has 0 aromatic heterocycles. The number of alkyl halides is 1. The summed E-state index contributed by atoms with van der Waals surface area (Å²) in [5, 5.41) is 2.57. The van der Waals surface area contributed by atoms with E-state index >= 15 is 0 Å². The average molecular weight is 242 g/mol. The second-order valence-corrected chi connectivity index (χ2v) is 6.09. The summed E-state index contributed by atoms with van der Waals surface area (Å²) >= 11 is 5.61. The zero-order chi connectivity index (χ0) is 11.4. The number of nitrogens with one attached hydrogen (secondary N) is 1. The molecule has 1 unspecified atom stereocenters. The van der Waals surface area contributed by atoms with Gasteiger partial charge in [0.1, 0.15) is 5.75 Å². The highest BCUT2D eigenvalue weighted by Crippen LogP contribution is 2.03. The number of carbonyl (C=O) groups excluding carboxylic acids is 1. The highest BCUT2D eigenvalue weighted by Gasteiger charge is 2.17. The topological polar surface area (TPSA) is 63.2 Å². The van der Waals surface area contributed by atoms with Crippen molar-refractivity contribution in [1.29, 1.82) is 0 Å². The number of sulfone groups is 1. The summed E-state index contributed by atoms with van der Waals surface area (Å²) in [5.74, 6) is -0.497. The van der Waals surface area contributed by atoms with E-state index in [2.05, 4.69) is 5.32 Å². The number of hydrogen-bond donors (Lipinski definition) is 1. The molecular formula is C8H16ClNO3S. The van der Waals surface area contributed by atoms with Crippen LogP contribution in [0.15, 0.2) is 0 Å². The van der Waals surface area contributed by atoms with Crippen molar-refractivity contribution in [3.8, 4) is 0 Å². The molecule has 6 heteroatoms. The molecule has 0 heterocycles. The molecule has 4 nitrogen and oxygen atoms in total.